The monoisotopic (exact) mass is 244 g/mol. The van der Waals surface area contributed by atoms with E-state index in [-0.39, 0.29) is 5.78 Å². The van der Waals surface area contributed by atoms with Gasteiger partial charge in [0.15, 0.2) is 0 Å². The minimum absolute atomic E-state index is 0.162. The van der Waals surface area contributed by atoms with Gasteiger partial charge in [-0.05, 0) is 31.7 Å². The number of rotatable bonds is 4. The number of nitrogens with zero attached hydrogens (tertiary/aromatic N) is 2. The molecule has 1 saturated heterocycles. The zero-order valence-electron chi connectivity index (χ0n) is 10.9. The van der Waals surface area contributed by atoms with Crippen molar-refractivity contribution in [2.75, 3.05) is 13.1 Å². The van der Waals surface area contributed by atoms with Crippen molar-refractivity contribution >= 4 is 11.5 Å². The van der Waals surface area contributed by atoms with E-state index in [9.17, 15) is 4.79 Å². The van der Waals surface area contributed by atoms with Crippen LogP contribution in [0.1, 0.15) is 38.2 Å². The Morgan fingerprint density at radius 3 is 2.44 bits per heavy atom. The van der Waals surface area contributed by atoms with Crippen molar-refractivity contribution in [3.8, 4) is 0 Å². The molecule has 3 nitrogen and oxygen atoms in total. The Bertz CT molecular complexity index is 419. The van der Waals surface area contributed by atoms with Gasteiger partial charge in [-0.2, -0.15) is 5.10 Å². The molecule has 1 heterocycles. The second-order valence-electron chi connectivity index (χ2n) is 4.81. The minimum atomic E-state index is 0.162. The normalized spacial score (nSPS) is 16.7. The van der Waals surface area contributed by atoms with Crippen molar-refractivity contribution in [2.45, 2.75) is 32.6 Å². The largest absolute Gasteiger partial charge is 0.300 e. The highest BCUT2D eigenvalue weighted by Gasteiger charge is 2.11. The molecule has 0 N–H and O–H groups in total. The van der Waals surface area contributed by atoms with Crippen LogP contribution in [0.3, 0.4) is 0 Å². The lowest BCUT2D eigenvalue weighted by atomic mass is 10.1. The maximum atomic E-state index is 11.4. The maximum absolute atomic E-state index is 11.4. The number of Topliss-reactive ketones (excluding diaryl/α,β-unsaturated/α-hetero) is 1. The van der Waals surface area contributed by atoms with Crippen molar-refractivity contribution in [2.24, 2.45) is 5.10 Å². The van der Waals surface area contributed by atoms with Gasteiger partial charge in [-0.3, -0.25) is 9.80 Å². The van der Waals surface area contributed by atoms with E-state index in [1.807, 2.05) is 30.3 Å². The van der Waals surface area contributed by atoms with E-state index in [0.717, 1.165) is 24.4 Å². The van der Waals surface area contributed by atoms with E-state index >= 15 is 0 Å². The molecule has 0 bridgehead atoms. The summed E-state index contributed by atoms with van der Waals surface area (Å²) < 4.78 is 0. The summed E-state index contributed by atoms with van der Waals surface area (Å²) in [5, 5.41) is 6.78. The fraction of sp³-hybridized carbons (Fsp3) is 0.467. The van der Waals surface area contributed by atoms with Gasteiger partial charge in [-0.25, -0.2) is 0 Å². The first-order chi connectivity index (χ1) is 8.75. The van der Waals surface area contributed by atoms with E-state index in [2.05, 4.69) is 10.1 Å². The summed E-state index contributed by atoms with van der Waals surface area (Å²) in [6, 6.07) is 10.00. The van der Waals surface area contributed by atoms with Crippen LogP contribution in [0, 0.1) is 0 Å². The van der Waals surface area contributed by atoms with Crippen LogP contribution in [0.15, 0.2) is 35.4 Å². The van der Waals surface area contributed by atoms with E-state index < -0.39 is 0 Å². The molecule has 1 aromatic carbocycles. The zero-order chi connectivity index (χ0) is 12.8. The molecule has 1 aromatic rings. The number of hydrogen-bond donors (Lipinski definition) is 0. The summed E-state index contributed by atoms with van der Waals surface area (Å²) >= 11 is 0. The van der Waals surface area contributed by atoms with Crippen LogP contribution >= 0.6 is 0 Å². The smallest absolute Gasteiger partial charge is 0.135 e. The van der Waals surface area contributed by atoms with Crippen molar-refractivity contribution in [1.29, 1.82) is 0 Å². The fourth-order valence-corrected chi connectivity index (χ4v) is 2.21. The molecule has 0 atom stereocenters. The first kappa shape index (κ1) is 12.8. The molecule has 1 aliphatic rings. The molecule has 1 aliphatic heterocycles. The van der Waals surface area contributed by atoms with Crippen LogP contribution in [-0.4, -0.2) is 29.6 Å². The standard InChI is InChI=1S/C15H20N2O/c1-13(18)12-15(14-8-4-2-5-9-14)16-17-10-6-3-7-11-17/h2,4-5,8-9H,3,6-7,10-12H2,1H3. The molecule has 0 radical (unpaired) electrons. The number of carbonyl (C=O) groups excluding carboxylic acids is 1. The molecular weight excluding hydrogens is 224 g/mol. The molecular formula is C15H20N2O. The van der Waals surface area contributed by atoms with Gasteiger partial charge in [0.05, 0.1) is 12.1 Å². The molecule has 2 rings (SSSR count). The Hall–Kier alpha value is -1.64. The van der Waals surface area contributed by atoms with Crippen molar-refractivity contribution < 1.29 is 4.79 Å². The molecule has 0 amide bonds. The van der Waals surface area contributed by atoms with Crippen LogP contribution in [0.2, 0.25) is 0 Å². The van der Waals surface area contributed by atoms with E-state index in [0.29, 0.717) is 6.42 Å². The van der Waals surface area contributed by atoms with E-state index in [1.165, 1.54) is 19.3 Å². The van der Waals surface area contributed by atoms with Crippen LogP contribution < -0.4 is 0 Å². The molecule has 0 unspecified atom stereocenters. The maximum Gasteiger partial charge on any atom is 0.135 e. The summed E-state index contributed by atoms with van der Waals surface area (Å²) in [5.74, 6) is 0.162. The van der Waals surface area contributed by atoms with Crippen LogP contribution in [0.5, 0.6) is 0 Å². The van der Waals surface area contributed by atoms with Gasteiger partial charge in [-0.1, -0.05) is 30.3 Å². The summed E-state index contributed by atoms with van der Waals surface area (Å²) in [6.07, 6.45) is 4.11. The van der Waals surface area contributed by atoms with Crippen molar-refractivity contribution in [1.82, 2.24) is 5.01 Å². The highest BCUT2D eigenvalue weighted by atomic mass is 16.1. The molecule has 1 fully saturated rings. The van der Waals surface area contributed by atoms with Gasteiger partial charge in [0, 0.05) is 13.1 Å². The minimum Gasteiger partial charge on any atom is -0.300 e. The lowest BCUT2D eigenvalue weighted by Gasteiger charge is -2.24. The molecule has 0 saturated carbocycles. The number of benzene rings is 1. The first-order valence-corrected chi connectivity index (χ1v) is 6.63. The Kier molecular flexibility index (Phi) is 4.51. The third-order valence-corrected chi connectivity index (χ3v) is 3.12. The second kappa shape index (κ2) is 6.34. The van der Waals surface area contributed by atoms with Crippen LogP contribution in [0.25, 0.3) is 0 Å². The highest BCUT2D eigenvalue weighted by Crippen LogP contribution is 2.12. The topological polar surface area (TPSA) is 32.7 Å². The van der Waals surface area contributed by atoms with Gasteiger partial charge >= 0.3 is 0 Å². The highest BCUT2D eigenvalue weighted by molar-refractivity contribution is 6.10. The lowest BCUT2D eigenvalue weighted by molar-refractivity contribution is -0.115. The SMILES string of the molecule is CC(=O)CC(=NN1CCCCC1)c1ccccc1. The van der Waals surface area contributed by atoms with Crippen molar-refractivity contribution in [3.05, 3.63) is 35.9 Å². The number of carbonyl (C=O) groups is 1. The van der Waals surface area contributed by atoms with Gasteiger partial charge in [0.1, 0.15) is 5.78 Å². The Morgan fingerprint density at radius 2 is 1.83 bits per heavy atom. The van der Waals surface area contributed by atoms with Crippen molar-refractivity contribution in [3.63, 3.8) is 0 Å². The Balaban J connectivity index is 2.18. The van der Waals surface area contributed by atoms with E-state index in [1.54, 1.807) is 6.92 Å². The fourth-order valence-electron chi connectivity index (χ4n) is 2.21. The predicted molar refractivity (Wildman–Crippen MR) is 73.7 cm³/mol. The average Bonchev–Trinajstić information content (AvgIpc) is 2.40. The Labute approximate surface area is 108 Å². The van der Waals surface area contributed by atoms with Gasteiger partial charge in [-0.15, -0.1) is 0 Å². The van der Waals surface area contributed by atoms with Crippen LogP contribution in [0.4, 0.5) is 0 Å². The third kappa shape index (κ3) is 3.69. The van der Waals surface area contributed by atoms with E-state index in [4.69, 9.17) is 0 Å². The summed E-state index contributed by atoms with van der Waals surface area (Å²) in [4.78, 5) is 11.4. The first-order valence-electron chi connectivity index (χ1n) is 6.63. The molecule has 18 heavy (non-hydrogen) atoms. The number of piperidine rings is 1. The zero-order valence-corrected chi connectivity index (χ0v) is 10.9. The molecule has 0 spiro atoms. The third-order valence-electron chi connectivity index (χ3n) is 3.12. The molecule has 96 valence electrons. The summed E-state index contributed by atoms with van der Waals surface area (Å²) in [5.41, 5.74) is 1.95. The molecule has 3 heteroatoms. The van der Waals surface area contributed by atoms with Gasteiger partial charge in [0.2, 0.25) is 0 Å². The Morgan fingerprint density at radius 1 is 1.17 bits per heavy atom. The number of hydrogen-bond acceptors (Lipinski definition) is 3. The lowest BCUT2D eigenvalue weighted by Crippen LogP contribution is -2.26. The summed E-state index contributed by atoms with van der Waals surface area (Å²) in [6.45, 7) is 3.64. The molecule has 0 aromatic heterocycles. The molecule has 0 aliphatic carbocycles. The average molecular weight is 244 g/mol. The van der Waals surface area contributed by atoms with Crippen LogP contribution in [-0.2, 0) is 4.79 Å². The number of ketones is 1. The quantitative estimate of drug-likeness (QED) is 0.763. The predicted octanol–water partition coefficient (Wildman–Crippen LogP) is 2.86. The summed E-state index contributed by atoms with van der Waals surface area (Å²) in [7, 11) is 0. The van der Waals surface area contributed by atoms with Gasteiger partial charge < -0.3 is 0 Å². The van der Waals surface area contributed by atoms with Gasteiger partial charge in [0.25, 0.3) is 0 Å². The number of hydrazone groups is 1. The second-order valence-corrected chi connectivity index (χ2v) is 4.81.